The monoisotopic (exact) mass is 184 g/mol. The van der Waals surface area contributed by atoms with Crippen LogP contribution in [-0.4, -0.2) is 12.3 Å². The third-order valence-electron chi connectivity index (χ3n) is 1.06. The maximum Gasteiger partial charge on any atom is 0.273 e. The van der Waals surface area contributed by atoms with Gasteiger partial charge in [-0.1, -0.05) is 30.8 Å². The Morgan fingerprint density at radius 3 is 2.08 bits per heavy atom. The Labute approximate surface area is 77.4 Å². The van der Waals surface area contributed by atoms with Crippen LogP contribution in [-0.2, 0) is 0 Å². The summed E-state index contributed by atoms with van der Waals surface area (Å²) in [5.41, 5.74) is 5.50. The lowest BCUT2D eigenvalue weighted by Crippen LogP contribution is -1.95. The van der Waals surface area contributed by atoms with Crippen molar-refractivity contribution in [1.29, 1.82) is 0 Å². The van der Waals surface area contributed by atoms with Crippen LogP contribution in [0, 0.1) is 0 Å². The van der Waals surface area contributed by atoms with E-state index in [-0.39, 0.29) is 0 Å². The molecule has 0 aliphatic rings. The minimum atomic E-state index is -0.639. The van der Waals surface area contributed by atoms with Crippen molar-refractivity contribution in [3.05, 3.63) is 30.3 Å². The quantitative estimate of drug-likeness (QED) is 0.582. The third kappa shape index (κ3) is 6.95. The molecule has 0 fully saturated rings. The molecule has 0 bridgehead atoms. The number of para-hydroxylation sites is 1. The van der Waals surface area contributed by atoms with E-state index in [9.17, 15) is 0 Å². The van der Waals surface area contributed by atoms with Crippen LogP contribution < -0.4 is 11.1 Å². The van der Waals surface area contributed by atoms with E-state index < -0.39 is 5.24 Å². The second-order valence-corrected chi connectivity index (χ2v) is 2.40. The first kappa shape index (κ1) is 10.8. The Morgan fingerprint density at radius 1 is 1.42 bits per heavy atom. The summed E-state index contributed by atoms with van der Waals surface area (Å²) in [6.45, 7) is 0. The average Bonchev–Trinajstić information content (AvgIpc) is 2.05. The number of benzene rings is 1. The minimum Gasteiger partial charge on any atom is -0.388 e. The summed E-state index contributed by atoms with van der Waals surface area (Å²) < 4.78 is 0. The van der Waals surface area contributed by atoms with Crippen molar-refractivity contribution >= 4 is 23.6 Å². The summed E-state index contributed by atoms with van der Waals surface area (Å²) in [4.78, 5) is 9.09. The van der Waals surface area contributed by atoms with Crippen molar-refractivity contribution in [2.45, 2.75) is 0 Å². The van der Waals surface area contributed by atoms with Gasteiger partial charge < -0.3 is 11.1 Å². The number of nitrogens with two attached hydrogens (primary N) is 1. The first-order valence-corrected chi connectivity index (χ1v) is 3.82. The molecule has 0 aliphatic carbocycles. The summed E-state index contributed by atoms with van der Waals surface area (Å²) >= 11 is 3.10. The number of carbonyl (C=O) groups excluding carboxylic acids is 1. The number of hydrogen-bond donors (Lipinski definition) is 3. The number of amides is 1. The molecule has 3 nitrogen and oxygen atoms in total. The van der Waals surface area contributed by atoms with Crippen LogP contribution in [0.4, 0.5) is 10.5 Å². The highest BCUT2D eigenvalue weighted by molar-refractivity contribution is 7.96. The van der Waals surface area contributed by atoms with E-state index in [0.29, 0.717) is 0 Å². The van der Waals surface area contributed by atoms with Crippen molar-refractivity contribution < 1.29 is 4.79 Å². The van der Waals surface area contributed by atoms with Gasteiger partial charge in [0.1, 0.15) is 0 Å². The molecule has 4 heteroatoms. The minimum absolute atomic E-state index is 0.639. The van der Waals surface area contributed by atoms with Crippen LogP contribution in [0.2, 0.25) is 0 Å². The van der Waals surface area contributed by atoms with Crippen molar-refractivity contribution in [2.24, 2.45) is 5.73 Å². The van der Waals surface area contributed by atoms with E-state index >= 15 is 0 Å². The van der Waals surface area contributed by atoms with Crippen molar-refractivity contribution in [3.8, 4) is 0 Å². The summed E-state index contributed by atoms with van der Waals surface area (Å²) in [5.74, 6) is 0. The lowest BCUT2D eigenvalue weighted by Gasteiger charge is -1.94. The fourth-order valence-electron chi connectivity index (χ4n) is 0.605. The number of carbonyl (C=O) groups is 1. The fourth-order valence-corrected chi connectivity index (χ4v) is 0.605. The highest BCUT2D eigenvalue weighted by Gasteiger charge is 1.77. The maximum absolute atomic E-state index is 9.09. The fraction of sp³-hybridized carbons (Fsp3) is 0.125. The van der Waals surface area contributed by atoms with E-state index in [2.05, 4.69) is 23.7 Å². The van der Waals surface area contributed by atoms with E-state index in [4.69, 9.17) is 4.79 Å². The number of anilines is 1. The van der Waals surface area contributed by atoms with Gasteiger partial charge in [-0.15, -0.1) is 0 Å². The number of primary amides is 1. The predicted octanol–water partition coefficient (Wildman–Crippen LogP) is 1.72. The molecule has 0 saturated carbocycles. The molecule has 12 heavy (non-hydrogen) atoms. The molecule has 3 N–H and O–H groups in total. The van der Waals surface area contributed by atoms with Gasteiger partial charge in [0.25, 0.3) is 5.24 Å². The molecule has 0 saturated heterocycles. The maximum atomic E-state index is 9.09. The third-order valence-corrected chi connectivity index (χ3v) is 1.06. The standard InChI is InChI=1S/C7H9N.CH3NOS/c1-8-7-5-3-2-4-6-7;2-1(3)4/h2-6,8H,1H3;(H3,2,3,4). The Kier molecular flexibility index (Phi) is 5.91. The van der Waals surface area contributed by atoms with Crippen molar-refractivity contribution in [2.75, 3.05) is 12.4 Å². The number of rotatable bonds is 1. The van der Waals surface area contributed by atoms with E-state index in [1.165, 1.54) is 0 Å². The SMILES string of the molecule is CNc1ccccc1.NC(=O)S. The molecule has 0 spiro atoms. The molecule has 0 radical (unpaired) electrons. The van der Waals surface area contributed by atoms with Crippen LogP contribution in [0.5, 0.6) is 0 Å². The van der Waals surface area contributed by atoms with Gasteiger partial charge in [0.15, 0.2) is 0 Å². The molecule has 1 rings (SSSR count). The molecule has 66 valence electrons. The zero-order chi connectivity index (χ0) is 9.40. The van der Waals surface area contributed by atoms with Crippen molar-refractivity contribution in [3.63, 3.8) is 0 Å². The molecular weight excluding hydrogens is 172 g/mol. The zero-order valence-electron chi connectivity index (χ0n) is 6.82. The van der Waals surface area contributed by atoms with Crippen LogP contribution in [0.1, 0.15) is 0 Å². The molecular formula is C8H12N2OS. The van der Waals surface area contributed by atoms with Gasteiger partial charge in [-0.05, 0) is 12.1 Å². The highest BCUT2D eigenvalue weighted by Crippen LogP contribution is 2.01. The van der Waals surface area contributed by atoms with Gasteiger partial charge in [-0.25, -0.2) is 0 Å². The molecule has 0 atom stereocenters. The molecule has 0 aliphatic heterocycles. The van der Waals surface area contributed by atoms with Gasteiger partial charge in [0.2, 0.25) is 0 Å². The van der Waals surface area contributed by atoms with Gasteiger partial charge >= 0.3 is 0 Å². The number of hydrogen-bond acceptors (Lipinski definition) is 2. The summed E-state index contributed by atoms with van der Waals surface area (Å²) in [6.07, 6.45) is 0. The molecule has 1 amide bonds. The number of thiol groups is 1. The number of nitrogens with one attached hydrogen (secondary N) is 1. The van der Waals surface area contributed by atoms with Crippen LogP contribution in [0.25, 0.3) is 0 Å². The van der Waals surface area contributed by atoms with Crippen LogP contribution in [0.3, 0.4) is 0 Å². The second-order valence-electron chi connectivity index (χ2n) is 1.95. The van der Waals surface area contributed by atoms with E-state index in [1.807, 2.05) is 37.4 Å². The highest BCUT2D eigenvalue weighted by atomic mass is 32.1. The van der Waals surface area contributed by atoms with Crippen molar-refractivity contribution in [1.82, 2.24) is 0 Å². The lowest BCUT2D eigenvalue weighted by atomic mass is 10.3. The van der Waals surface area contributed by atoms with Crippen LogP contribution in [0.15, 0.2) is 30.3 Å². The largest absolute Gasteiger partial charge is 0.388 e. The molecule has 1 aromatic rings. The first-order chi connectivity index (χ1) is 5.66. The molecule has 0 heterocycles. The Bertz CT molecular complexity index is 222. The Balaban J connectivity index is 0.000000261. The van der Waals surface area contributed by atoms with Gasteiger partial charge in [-0.3, -0.25) is 4.79 Å². The van der Waals surface area contributed by atoms with E-state index in [1.54, 1.807) is 0 Å². The predicted molar refractivity (Wildman–Crippen MR) is 54.6 cm³/mol. The topological polar surface area (TPSA) is 55.1 Å². The average molecular weight is 184 g/mol. The molecule has 1 aromatic carbocycles. The first-order valence-electron chi connectivity index (χ1n) is 3.38. The van der Waals surface area contributed by atoms with Gasteiger partial charge in [-0.2, -0.15) is 0 Å². The van der Waals surface area contributed by atoms with Gasteiger partial charge in [0, 0.05) is 12.7 Å². The molecule has 0 aromatic heterocycles. The summed E-state index contributed by atoms with van der Waals surface area (Å²) in [6, 6.07) is 10.1. The second kappa shape index (κ2) is 6.54. The van der Waals surface area contributed by atoms with E-state index in [0.717, 1.165) is 5.69 Å². The zero-order valence-corrected chi connectivity index (χ0v) is 7.71. The smallest absolute Gasteiger partial charge is 0.273 e. The summed E-state index contributed by atoms with van der Waals surface area (Å²) in [5, 5.41) is 2.39. The normalized spacial score (nSPS) is 7.83. The van der Waals surface area contributed by atoms with Crippen LogP contribution >= 0.6 is 12.6 Å². The lowest BCUT2D eigenvalue weighted by molar-refractivity contribution is 0.267. The Morgan fingerprint density at radius 2 is 1.83 bits per heavy atom. The van der Waals surface area contributed by atoms with Gasteiger partial charge in [0.05, 0.1) is 0 Å². The summed E-state index contributed by atoms with van der Waals surface area (Å²) in [7, 11) is 1.91. The molecule has 0 unspecified atom stereocenters. The Hall–Kier alpha value is -1.16.